The Balaban J connectivity index is 2.36. The molecule has 0 aromatic heterocycles. The van der Waals surface area contributed by atoms with Gasteiger partial charge in [-0.2, -0.15) is 0 Å². The van der Waals surface area contributed by atoms with Gasteiger partial charge in [-0.1, -0.05) is 5.16 Å². The molecular formula is C7H16BN3O2. The first kappa shape index (κ1) is 10.3. The maximum atomic E-state index is 9.07. The average molecular weight is 185 g/mol. The van der Waals surface area contributed by atoms with E-state index >= 15 is 0 Å². The first-order valence-corrected chi connectivity index (χ1v) is 4.55. The van der Waals surface area contributed by atoms with E-state index in [1.54, 1.807) is 6.82 Å². The molecular weight excluding hydrogens is 169 g/mol. The quantitative estimate of drug-likeness (QED) is 0.158. The van der Waals surface area contributed by atoms with E-state index in [-0.39, 0.29) is 12.0 Å². The van der Waals surface area contributed by atoms with Gasteiger partial charge < -0.3 is 21.2 Å². The van der Waals surface area contributed by atoms with E-state index in [1.807, 2.05) is 0 Å². The van der Waals surface area contributed by atoms with Crippen molar-refractivity contribution in [3.63, 3.8) is 0 Å². The van der Waals surface area contributed by atoms with Gasteiger partial charge >= 0.3 is 7.05 Å². The van der Waals surface area contributed by atoms with Crippen LogP contribution in [-0.2, 0) is 0 Å². The van der Waals surface area contributed by atoms with Crippen LogP contribution in [-0.4, -0.2) is 29.2 Å². The lowest BCUT2D eigenvalue weighted by Crippen LogP contribution is -2.38. The molecule has 1 saturated carbocycles. The van der Waals surface area contributed by atoms with Crippen molar-refractivity contribution in [3.8, 4) is 0 Å². The maximum Gasteiger partial charge on any atom is 0.373 e. The molecule has 13 heavy (non-hydrogen) atoms. The molecule has 0 spiro atoms. The van der Waals surface area contributed by atoms with Crippen molar-refractivity contribution in [3.05, 3.63) is 0 Å². The van der Waals surface area contributed by atoms with Crippen LogP contribution in [0.3, 0.4) is 0 Å². The lowest BCUT2D eigenvalue weighted by atomic mass is 9.87. The molecule has 2 unspecified atom stereocenters. The van der Waals surface area contributed by atoms with Gasteiger partial charge in [0.1, 0.15) is 5.84 Å². The smallest absolute Gasteiger partial charge is 0.373 e. The topological polar surface area (TPSA) is 90.9 Å². The van der Waals surface area contributed by atoms with Crippen LogP contribution in [0.2, 0.25) is 6.82 Å². The third-order valence-electron chi connectivity index (χ3n) is 2.44. The molecule has 1 aliphatic rings. The van der Waals surface area contributed by atoms with Gasteiger partial charge in [-0.25, -0.2) is 0 Å². The molecule has 0 radical (unpaired) electrons. The first-order valence-electron chi connectivity index (χ1n) is 4.55. The molecule has 2 atom stereocenters. The fourth-order valence-electron chi connectivity index (χ4n) is 1.82. The molecule has 0 saturated heterocycles. The Morgan fingerprint density at radius 1 is 1.62 bits per heavy atom. The van der Waals surface area contributed by atoms with Crippen LogP contribution in [0.15, 0.2) is 5.16 Å². The summed E-state index contributed by atoms with van der Waals surface area (Å²) in [5, 5.41) is 23.5. The maximum absolute atomic E-state index is 9.07. The van der Waals surface area contributed by atoms with E-state index in [2.05, 4.69) is 10.4 Å². The summed E-state index contributed by atoms with van der Waals surface area (Å²) < 4.78 is 0. The summed E-state index contributed by atoms with van der Waals surface area (Å²) in [7, 11) is -0.490. The van der Waals surface area contributed by atoms with E-state index in [9.17, 15) is 0 Å². The van der Waals surface area contributed by atoms with E-state index in [0.29, 0.717) is 5.84 Å². The summed E-state index contributed by atoms with van der Waals surface area (Å²) in [6.07, 6.45) is 2.72. The number of nitrogens with zero attached hydrogens (tertiary/aromatic N) is 1. The fraction of sp³-hybridized carbons (Fsp3) is 0.857. The summed E-state index contributed by atoms with van der Waals surface area (Å²) in [5.41, 5.74) is 5.48. The summed E-state index contributed by atoms with van der Waals surface area (Å²) >= 11 is 0. The molecule has 6 heteroatoms. The number of amidine groups is 1. The molecule has 0 aromatic carbocycles. The van der Waals surface area contributed by atoms with Crippen LogP contribution < -0.4 is 11.0 Å². The standard InChI is InChI=1S/C7H16BN3O2/c1-8(12)10-6-3-2-5(4-6)7(9)11-13/h5-6,10,12-13H,2-4H2,1H3,(H2,9,11). The molecule has 1 fully saturated rings. The zero-order valence-electron chi connectivity index (χ0n) is 7.77. The molecule has 0 bridgehead atoms. The van der Waals surface area contributed by atoms with Crippen molar-refractivity contribution >= 4 is 12.9 Å². The number of nitrogens with one attached hydrogen (secondary N) is 1. The average Bonchev–Trinajstić information content (AvgIpc) is 2.50. The molecule has 5 nitrogen and oxygen atoms in total. The highest BCUT2D eigenvalue weighted by molar-refractivity contribution is 6.45. The van der Waals surface area contributed by atoms with E-state index in [0.717, 1.165) is 19.3 Å². The largest absolute Gasteiger partial charge is 0.437 e. The van der Waals surface area contributed by atoms with Crippen molar-refractivity contribution in [1.29, 1.82) is 0 Å². The second-order valence-electron chi connectivity index (χ2n) is 3.57. The molecule has 5 N–H and O–H groups in total. The zero-order chi connectivity index (χ0) is 9.84. The zero-order valence-corrected chi connectivity index (χ0v) is 7.77. The highest BCUT2D eigenvalue weighted by atomic mass is 16.4. The van der Waals surface area contributed by atoms with Crippen molar-refractivity contribution in [2.75, 3.05) is 0 Å². The van der Waals surface area contributed by atoms with Gasteiger partial charge in [0.25, 0.3) is 0 Å². The SMILES string of the molecule is CB(O)NC1CCC(/C(N)=N/O)C1. The molecule has 0 aliphatic heterocycles. The van der Waals surface area contributed by atoms with Gasteiger partial charge in [0, 0.05) is 5.92 Å². The monoisotopic (exact) mass is 185 g/mol. The van der Waals surface area contributed by atoms with Crippen LogP contribution in [0.5, 0.6) is 0 Å². The number of rotatable bonds is 3. The Morgan fingerprint density at radius 3 is 2.85 bits per heavy atom. The predicted molar refractivity (Wildman–Crippen MR) is 51.5 cm³/mol. The van der Waals surface area contributed by atoms with Gasteiger partial charge in [0.15, 0.2) is 0 Å². The summed E-state index contributed by atoms with van der Waals surface area (Å²) in [6, 6.07) is 0.283. The number of hydrogen-bond donors (Lipinski definition) is 4. The number of nitrogens with two attached hydrogens (primary N) is 1. The van der Waals surface area contributed by atoms with Crippen molar-refractivity contribution < 1.29 is 10.2 Å². The molecule has 0 heterocycles. The van der Waals surface area contributed by atoms with Crippen molar-refractivity contribution in [2.45, 2.75) is 32.1 Å². The van der Waals surface area contributed by atoms with Gasteiger partial charge in [0.2, 0.25) is 0 Å². The van der Waals surface area contributed by atoms with Crippen molar-refractivity contribution in [2.24, 2.45) is 16.8 Å². The Kier molecular flexibility index (Phi) is 3.56. The van der Waals surface area contributed by atoms with Gasteiger partial charge in [-0.05, 0) is 32.1 Å². The lowest BCUT2D eigenvalue weighted by Gasteiger charge is -2.12. The third-order valence-corrected chi connectivity index (χ3v) is 2.44. The van der Waals surface area contributed by atoms with E-state index < -0.39 is 7.05 Å². The Hall–Kier alpha value is -0.745. The van der Waals surface area contributed by atoms with Crippen LogP contribution in [0, 0.1) is 5.92 Å². The van der Waals surface area contributed by atoms with E-state index in [1.165, 1.54) is 0 Å². The normalized spacial score (nSPS) is 29.2. The van der Waals surface area contributed by atoms with Crippen LogP contribution in [0.1, 0.15) is 19.3 Å². The fourth-order valence-corrected chi connectivity index (χ4v) is 1.82. The minimum atomic E-state index is -0.490. The summed E-state index contributed by atoms with van der Waals surface area (Å²) in [4.78, 5) is 0. The second-order valence-corrected chi connectivity index (χ2v) is 3.57. The molecule has 1 rings (SSSR count). The Labute approximate surface area is 78.1 Å². The number of oxime groups is 1. The third kappa shape index (κ3) is 2.89. The first-order chi connectivity index (χ1) is 6.13. The number of hydrogen-bond acceptors (Lipinski definition) is 4. The van der Waals surface area contributed by atoms with Gasteiger partial charge in [0.05, 0.1) is 0 Å². The molecule has 74 valence electrons. The van der Waals surface area contributed by atoms with Gasteiger partial charge in [-0.15, -0.1) is 0 Å². The molecule has 0 amide bonds. The van der Waals surface area contributed by atoms with Crippen LogP contribution in [0.25, 0.3) is 0 Å². The molecule has 0 aromatic rings. The van der Waals surface area contributed by atoms with Crippen LogP contribution >= 0.6 is 0 Å². The summed E-state index contributed by atoms with van der Waals surface area (Å²) in [6.45, 7) is 1.69. The minimum absolute atomic E-state index is 0.154. The predicted octanol–water partition coefficient (Wildman–Crippen LogP) is -0.399. The lowest BCUT2D eigenvalue weighted by molar-refractivity contribution is 0.314. The Bertz CT molecular complexity index is 198. The minimum Gasteiger partial charge on any atom is -0.437 e. The van der Waals surface area contributed by atoms with E-state index in [4.69, 9.17) is 16.0 Å². The molecule has 1 aliphatic carbocycles. The van der Waals surface area contributed by atoms with Crippen molar-refractivity contribution in [1.82, 2.24) is 5.23 Å². The Morgan fingerprint density at radius 2 is 2.31 bits per heavy atom. The highest BCUT2D eigenvalue weighted by Gasteiger charge is 2.28. The van der Waals surface area contributed by atoms with Crippen LogP contribution in [0.4, 0.5) is 0 Å². The second kappa shape index (κ2) is 4.48. The summed E-state index contributed by atoms with van der Waals surface area (Å²) in [5.74, 6) is 0.455. The highest BCUT2D eigenvalue weighted by Crippen LogP contribution is 2.25. The van der Waals surface area contributed by atoms with Gasteiger partial charge in [-0.3, -0.25) is 0 Å².